The quantitative estimate of drug-likeness (QED) is 0.666. The van der Waals surface area contributed by atoms with Gasteiger partial charge in [-0.1, -0.05) is 34.3 Å². The van der Waals surface area contributed by atoms with Gasteiger partial charge in [-0.05, 0) is 56.9 Å². The maximum absolute atomic E-state index is 13.3. The fourth-order valence-electron chi connectivity index (χ4n) is 2.88. The van der Waals surface area contributed by atoms with Crippen molar-refractivity contribution < 1.29 is 14.0 Å². The van der Waals surface area contributed by atoms with E-state index in [1.807, 2.05) is 52.0 Å². The van der Waals surface area contributed by atoms with Crippen LogP contribution in [0.1, 0.15) is 54.2 Å². The first-order valence-corrected chi connectivity index (χ1v) is 10.1. The van der Waals surface area contributed by atoms with Crippen molar-refractivity contribution in [3.8, 4) is 0 Å². The number of nitrogens with zero attached hydrogens (tertiary/aromatic N) is 3. The fourth-order valence-corrected chi connectivity index (χ4v) is 3.31. The van der Waals surface area contributed by atoms with E-state index in [9.17, 15) is 9.59 Å². The molecule has 2 heterocycles. The molecule has 0 aliphatic carbocycles. The molecular formula is C21H24N4O3S. The number of rotatable bonds is 6. The lowest BCUT2D eigenvalue weighted by Crippen LogP contribution is -2.49. The van der Waals surface area contributed by atoms with Crippen LogP contribution in [0.15, 0.2) is 52.5 Å². The van der Waals surface area contributed by atoms with Crippen molar-refractivity contribution in [2.45, 2.75) is 45.8 Å². The molecule has 0 fully saturated rings. The van der Waals surface area contributed by atoms with Crippen LogP contribution in [0, 0.1) is 6.92 Å². The van der Waals surface area contributed by atoms with E-state index in [0.29, 0.717) is 5.76 Å². The summed E-state index contributed by atoms with van der Waals surface area (Å²) in [5, 5.41) is 8.44. The Kier molecular flexibility index (Phi) is 6.12. The number of amides is 2. The van der Waals surface area contributed by atoms with Gasteiger partial charge in [-0.15, -0.1) is 5.10 Å². The first-order chi connectivity index (χ1) is 13.7. The SMILES string of the molecule is Cc1ccc(CN(C(=O)c2csnn2)[C@@H](C(=O)NC(C)(C)C)c2ccco2)cc1. The molecule has 3 rings (SSSR count). The van der Waals surface area contributed by atoms with Crippen molar-refractivity contribution in [2.24, 2.45) is 0 Å². The molecule has 1 N–H and O–H groups in total. The number of aromatic nitrogens is 2. The van der Waals surface area contributed by atoms with Gasteiger partial charge in [0.2, 0.25) is 0 Å². The zero-order valence-corrected chi connectivity index (χ0v) is 17.7. The molecule has 0 bridgehead atoms. The van der Waals surface area contributed by atoms with Crippen LogP contribution < -0.4 is 5.32 Å². The molecule has 2 aromatic heterocycles. The van der Waals surface area contributed by atoms with E-state index < -0.39 is 11.6 Å². The average Bonchev–Trinajstić information content (AvgIpc) is 3.35. The first kappa shape index (κ1) is 20.7. The third kappa shape index (κ3) is 5.29. The third-order valence-corrected chi connectivity index (χ3v) is 4.69. The molecule has 0 aliphatic rings. The lowest BCUT2D eigenvalue weighted by molar-refractivity contribution is -0.128. The Morgan fingerprint density at radius 3 is 2.48 bits per heavy atom. The molecule has 0 spiro atoms. The summed E-state index contributed by atoms with van der Waals surface area (Å²) in [6.07, 6.45) is 1.49. The molecule has 7 nitrogen and oxygen atoms in total. The second kappa shape index (κ2) is 8.57. The minimum atomic E-state index is -0.945. The van der Waals surface area contributed by atoms with Crippen LogP contribution in [-0.4, -0.2) is 31.8 Å². The van der Waals surface area contributed by atoms with Crippen LogP contribution in [-0.2, 0) is 11.3 Å². The Morgan fingerprint density at radius 1 is 1.21 bits per heavy atom. The Balaban J connectivity index is 2.02. The normalized spacial score (nSPS) is 12.4. The van der Waals surface area contributed by atoms with Gasteiger partial charge in [0.05, 0.1) is 6.26 Å². The number of carbonyl (C=O) groups is 2. The van der Waals surface area contributed by atoms with E-state index in [1.54, 1.807) is 17.5 Å². The predicted molar refractivity (Wildman–Crippen MR) is 110 cm³/mol. The van der Waals surface area contributed by atoms with Crippen molar-refractivity contribution in [3.63, 3.8) is 0 Å². The van der Waals surface area contributed by atoms with Crippen LogP contribution in [0.2, 0.25) is 0 Å². The van der Waals surface area contributed by atoms with Gasteiger partial charge in [-0.3, -0.25) is 9.59 Å². The number of aryl methyl sites for hydroxylation is 1. The lowest BCUT2D eigenvalue weighted by atomic mass is 10.0. The highest BCUT2D eigenvalue weighted by atomic mass is 32.1. The maximum atomic E-state index is 13.3. The summed E-state index contributed by atoms with van der Waals surface area (Å²) in [7, 11) is 0. The highest BCUT2D eigenvalue weighted by Gasteiger charge is 2.36. The maximum Gasteiger partial charge on any atom is 0.276 e. The van der Waals surface area contributed by atoms with Crippen molar-refractivity contribution in [1.29, 1.82) is 0 Å². The Hall–Kier alpha value is -3.00. The largest absolute Gasteiger partial charge is 0.467 e. The Morgan fingerprint density at radius 2 is 1.93 bits per heavy atom. The molecule has 0 saturated heterocycles. The van der Waals surface area contributed by atoms with Gasteiger partial charge in [-0.25, -0.2) is 0 Å². The Bertz CT molecular complexity index is 945. The highest BCUT2D eigenvalue weighted by molar-refractivity contribution is 7.03. The van der Waals surface area contributed by atoms with Crippen molar-refractivity contribution in [2.75, 3.05) is 0 Å². The van der Waals surface area contributed by atoms with E-state index in [2.05, 4.69) is 14.9 Å². The molecule has 29 heavy (non-hydrogen) atoms. The van der Waals surface area contributed by atoms with E-state index in [1.165, 1.54) is 11.2 Å². The average molecular weight is 413 g/mol. The summed E-state index contributed by atoms with van der Waals surface area (Å²) < 4.78 is 9.34. The molecule has 1 aromatic carbocycles. The van der Waals surface area contributed by atoms with Gasteiger partial charge in [-0.2, -0.15) is 0 Å². The predicted octanol–water partition coefficient (Wildman–Crippen LogP) is 3.74. The second-order valence-electron chi connectivity index (χ2n) is 7.87. The summed E-state index contributed by atoms with van der Waals surface area (Å²) in [5.41, 5.74) is 1.74. The number of furan rings is 1. The van der Waals surface area contributed by atoms with Crippen LogP contribution in [0.3, 0.4) is 0 Å². The fraction of sp³-hybridized carbons (Fsp3) is 0.333. The van der Waals surface area contributed by atoms with Crippen LogP contribution in [0.5, 0.6) is 0 Å². The topological polar surface area (TPSA) is 88.3 Å². The number of hydrogen-bond donors (Lipinski definition) is 1. The number of benzene rings is 1. The third-order valence-electron chi connectivity index (χ3n) is 4.18. The summed E-state index contributed by atoms with van der Waals surface area (Å²) in [4.78, 5) is 28.0. The van der Waals surface area contributed by atoms with E-state index in [4.69, 9.17) is 4.42 Å². The summed E-state index contributed by atoms with van der Waals surface area (Å²) in [5.74, 6) is -0.323. The van der Waals surface area contributed by atoms with Gasteiger partial charge in [0.25, 0.3) is 11.8 Å². The summed E-state index contributed by atoms with van der Waals surface area (Å²) in [6, 6.07) is 10.3. The minimum absolute atomic E-state index is 0.197. The van der Waals surface area contributed by atoms with E-state index >= 15 is 0 Å². The zero-order valence-electron chi connectivity index (χ0n) is 16.9. The number of carbonyl (C=O) groups excluding carboxylic acids is 2. The molecule has 152 valence electrons. The van der Waals surface area contributed by atoms with Crippen LogP contribution in [0.25, 0.3) is 0 Å². The van der Waals surface area contributed by atoms with Crippen molar-refractivity contribution in [1.82, 2.24) is 19.8 Å². The molecule has 2 amide bonds. The second-order valence-corrected chi connectivity index (χ2v) is 8.48. The first-order valence-electron chi connectivity index (χ1n) is 9.23. The standard InChI is InChI=1S/C21H24N4O3S/c1-14-7-9-15(10-8-14)12-25(20(27)16-13-29-24-23-16)18(17-6-5-11-28-17)19(26)22-21(2,3)4/h5-11,13,18H,12H2,1-4H3,(H,22,26)/t18-/m1/s1. The van der Waals surface area contributed by atoms with Gasteiger partial charge in [0, 0.05) is 17.5 Å². The van der Waals surface area contributed by atoms with Gasteiger partial charge < -0.3 is 14.6 Å². The monoisotopic (exact) mass is 412 g/mol. The van der Waals surface area contributed by atoms with E-state index in [0.717, 1.165) is 22.7 Å². The van der Waals surface area contributed by atoms with Crippen molar-refractivity contribution >= 4 is 23.3 Å². The zero-order chi connectivity index (χ0) is 21.0. The summed E-state index contributed by atoms with van der Waals surface area (Å²) in [6.45, 7) is 7.89. The molecular weight excluding hydrogens is 388 g/mol. The molecule has 0 unspecified atom stereocenters. The highest BCUT2D eigenvalue weighted by Crippen LogP contribution is 2.27. The Labute approximate surface area is 173 Å². The smallest absolute Gasteiger partial charge is 0.276 e. The molecule has 0 aliphatic heterocycles. The van der Waals surface area contributed by atoms with Crippen LogP contribution in [0.4, 0.5) is 0 Å². The van der Waals surface area contributed by atoms with Gasteiger partial charge >= 0.3 is 0 Å². The molecule has 0 saturated carbocycles. The van der Waals surface area contributed by atoms with Crippen LogP contribution >= 0.6 is 11.5 Å². The number of nitrogens with one attached hydrogen (secondary N) is 1. The van der Waals surface area contributed by atoms with Gasteiger partial charge in [0.1, 0.15) is 5.76 Å². The van der Waals surface area contributed by atoms with Crippen molar-refractivity contribution in [3.05, 3.63) is 70.6 Å². The summed E-state index contributed by atoms with van der Waals surface area (Å²) >= 11 is 1.09. The molecule has 8 heteroatoms. The molecule has 1 atom stereocenters. The number of hydrogen-bond acceptors (Lipinski definition) is 6. The van der Waals surface area contributed by atoms with Gasteiger partial charge in [0.15, 0.2) is 11.7 Å². The lowest BCUT2D eigenvalue weighted by Gasteiger charge is -2.32. The minimum Gasteiger partial charge on any atom is -0.467 e. The molecule has 0 radical (unpaired) electrons. The van der Waals surface area contributed by atoms with E-state index in [-0.39, 0.29) is 24.1 Å². The molecule has 3 aromatic rings.